The van der Waals surface area contributed by atoms with Crippen LogP contribution in [0, 0.1) is 11.8 Å². The van der Waals surface area contributed by atoms with E-state index in [9.17, 15) is 0 Å². The Bertz CT molecular complexity index is 106. The summed E-state index contributed by atoms with van der Waals surface area (Å²) in [6.45, 7) is 9.21. The van der Waals surface area contributed by atoms with Crippen molar-refractivity contribution in [3.05, 3.63) is 0 Å². The maximum Gasteiger partial charge on any atom is 0.00871 e. The molecule has 0 bridgehead atoms. The lowest BCUT2D eigenvalue weighted by Crippen LogP contribution is -2.30. The molecule has 0 aromatic rings. The standard InChI is InChI=1S/C12H27N/c1-6-11(7-2)8-9-12(13-5)10(3)4/h10-13H,6-9H2,1-5H3. The van der Waals surface area contributed by atoms with Crippen molar-refractivity contribution in [3.8, 4) is 0 Å². The fourth-order valence-corrected chi connectivity index (χ4v) is 1.92. The van der Waals surface area contributed by atoms with Gasteiger partial charge in [-0.25, -0.2) is 0 Å². The molecular formula is C12H27N. The first-order valence-electron chi connectivity index (χ1n) is 5.82. The van der Waals surface area contributed by atoms with E-state index in [1.165, 1.54) is 25.7 Å². The molecule has 80 valence electrons. The van der Waals surface area contributed by atoms with Crippen molar-refractivity contribution in [2.75, 3.05) is 7.05 Å². The fourth-order valence-electron chi connectivity index (χ4n) is 1.92. The van der Waals surface area contributed by atoms with E-state index in [-0.39, 0.29) is 0 Å². The number of hydrogen-bond acceptors (Lipinski definition) is 1. The van der Waals surface area contributed by atoms with Gasteiger partial charge in [0.25, 0.3) is 0 Å². The quantitative estimate of drug-likeness (QED) is 0.640. The van der Waals surface area contributed by atoms with Crippen LogP contribution in [-0.2, 0) is 0 Å². The zero-order valence-electron chi connectivity index (χ0n) is 10.1. The molecule has 0 aliphatic carbocycles. The van der Waals surface area contributed by atoms with E-state index >= 15 is 0 Å². The van der Waals surface area contributed by atoms with E-state index < -0.39 is 0 Å². The van der Waals surface area contributed by atoms with E-state index in [0.29, 0.717) is 6.04 Å². The molecule has 0 rings (SSSR count). The summed E-state index contributed by atoms with van der Waals surface area (Å²) in [4.78, 5) is 0. The molecular weight excluding hydrogens is 158 g/mol. The van der Waals surface area contributed by atoms with E-state index in [2.05, 4.69) is 40.1 Å². The molecule has 0 amide bonds. The van der Waals surface area contributed by atoms with Crippen LogP contribution in [0.2, 0.25) is 0 Å². The Kier molecular flexibility index (Phi) is 7.35. The first-order valence-corrected chi connectivity index (χ1v) is 5.82. The molecule has 0 radical (unpaired) electrons. The van der Waals surface area contributed by atoms with Crippen molar-refractivity contribution in [2.24, 2.45) is 11.8 Å². The van der Waals surface area contributed by atoms with Gasteiger partial charge in [-0.2, -0.15) is 0 Å². The predicted octanol–water partition coefficient (Wildman–Crippen LogP) is 3.45. The first-order chi connectivity index (χ1) is 6.15. The monoisotopic (exact) mass is 185 g/mol. The Morgan fingerprint density at radius 1 is 1.00 bits per heavy atom. The summed E-state index contributed by atoms with van der Waals surface area (Å²) in [5.41, 5.74) is 0. The number of nitrogens with one attached hydrogen (secondary N) is 1. The zero-order chi connectivity index (χ0) is 10.3. The van der Waals surface area contributed by atoms with Gasteiger partial charge in [0.1, 0.15) is 0 Å². The highest BCUT2D eigenvalue weighted by Gasteiger charge is 2.12. The second-order valence-electron chi connectivity index (χ2n) is 4.40. The third-order valence-electron chi connectivity index (χ3n) is 3.22. The lowest BCUT2D eigenvalue weighted by molar-refractivity contribution is 0.345. The van der Waals surface area contributed by atoms with Gasteiger partial charge < -0.3 is 5.32 Å². The molecule has 0 fully saturated rings. The molecule has 0 aliphatic heterocycles. The summed E-state index contributed by atoms with van der Waals surface area (Å²) in [6, 6.07) is 0.709. The van der Waals surface area contributed by atoms with Crippen LogP contribution in [-0.4, -0.2) is 13.1 Å². The first kappa shape index (κ1) is 13.0. The Morgan fingerprint density at radius 3 is 1.85 bits per heavy atom. The van der Waals surface area contributed by atoms with Crippen molar-refractivity contribution in [1.29, 1.82) is 0 Å². The van der Waals surface area contributed by atoms with E-state index in [0.717, 1.165) is 11.8 Å². The maximum atomic E-state index is 3.41. The lowest BCUT2D eigenvalue weighted by Gasteiger charge is -2.22. The number of hydrogen-bond donors (Lipinski definition) is 1. The molecule has 0 aliphatic rings. The second kappa shape index (κ2) is 7.37. The SMILES string of the molecule is CCC(CC)CCC(NC)C(C)C. The van der Waals surface area contributed by atoms with E-state index in [4.69, 9.17) is 0 Å². The van der Waals surface area contributed by atoms with Crippen molar-refractivity contribution in [2.45, 2.75) is 59.4 Å². The van der Waals surface area contributed by atoms with Crippen LogP contribution < -0.4 is 5.32 Å². The maximum absolute atomic E-state index is 3.41. The Hall–Kier alpha value is -0.0400. The highest BCUT2D eigenvalue weighted by Crippen LogP contribution is 2.18. The van der Waals surface area contributed by atoms with Crippen LogP contribution in [0.3, 0.4) is 0 Å². The van der Waals surface area contributed by atoms with Crippen LogP contribution in [0.25, 0.3) is 0 Å². The third kappa shape index (κ3) is 5.30. The topological polar surface area (TPSA) is 12.0 Å². The predicted molar refractivity (Wildman–Crippen MR) is 61.0 cm³/mol. The summed E-state index contributed by atoms with van der Waals surface area (Å²) in [6.07, 6.45) is 5.40. The van der Waals surface area contributed by atoms with Crippen LogP contribution in [0.15, 0.2) is 0 Å². The molecule has 1 heteroatoms. The number of rotatable bonds is 7. The largest absolute Gasteiger partial charge is 0.317 e. The van der Waals surface area contributed by atoms with E-state index in [1.54, 1.807) is 0 Å². The van der Waals surface area contributed by atoms with Crippen molar-refractivity contribution in [1.82, 2.24) is 5.32 Å². The molecule has 1 unspecified atom stereocenters. The molecule has 0 saturated carbocycles. The van der Waals surface area contributed by atoms with Gasteiger partial charge in [0.05, 0.1) is 0 Å². The molecule has 1 atom stereocenters. The van der Waals surface area contributed by atoms with Crippen molar-refractivity contribution >= 4 is 0 Å². The zero-order valence-corrected chi connectivity index (χ0v) is 10.1. The normalized spacial score (nSPS) is 14.1. The molecule has 1 nitrogen and oxygen atoms in total. The third-order valence-corrected chi connectivity index (χ3v) is 3.22. The molecule has 0 spiro atoms. The molecule has 13 heavy (non-hydrogen) atoms. The van der Waals surface area contributed by atoms with Gasteiger partial charge in [-0.3, -0.25) is 0 Å². The highest BCUT2D eigenvalue weighted by atomic mass is 14.9. The van der Waals surface area contributed by atoms with Gasteiger partial charge in [0.15, 0.2) is 0 Å². The van der Waals surface area contributed by atoms with Gasteiger partial charge in [0, 0.05) is 6.04 Å². The van der Waals surface area contributed by atoms with Gasteiger partial charge >= 0.3 is 0 Å². The summed E-state index contributed by atoms with van der Waals surface area (Å²) in [5.74, 6) is 1.70. The summed E-state index contributed by atoms with van der Waals surface area (Å²) >= 11 is 0. The van der Waals surface area contributed by atoms with Crippen molar-refractivity contribution in [3.63, 3.8) is 0 Å². The summed E-state index contributed by atoms with van der Waals surface area (Å²) in [5, 5.41) is 3.41. The molecule has 0 heterocycles. The van der Waals surface area contributed by atoms with Crippen LogP contribution >= 0.6 is 0 Å². The average Bonchev–Trinajstić information content (AvgIpc) is 2.12. The van der Waals surface area contributed by atoms with E-state index in [1.807, 2.05) is 0 Å². The highest BCUT2D eigenvalue weighted by molar-refractivity contribution is 4.70. The molecule has 1 N–H and O–H groups in total. The Balaban J connectivity index is 3.69. The van der Waals surface area contributed by atoms with Gasteiger partial charge in [-0.1, -0.05) is 40.5 Å². The van der Waals surface area contributed by atoms with Crippen molar-refractivity contribution < 1.29 is 0 Å². The second-order valence-corrected chi connectivity index (χ2v) is 4.40. The summed E-state index contributed by atoms with van der Waals surface area (Å²) < 4.78 is 0. The minimum Gasteiger partial charge on any atom is -0.317 e. The van der Waals surface area contributed by atoms with Crippen LogP contribution in [0.1, 0.15) is 53.4 Å². The van der Waals surface area contributed by atoms with Gasteiger partial charge in [0.2, 0.25) is 0 Å². The van der Waals surface area contributed by atoms with Gasteiger partial charge in [-0.05, 0) is 31.7 Å². The minimum atomic E-state index is 0.709. The Labute approximate surface area is 84.3 Å². The minimum absolute atomic E-state index is 0.709. The lowest BCUT2D eigenvalue weighted by atomic mass is 9.91. The van der Waals surface area contributed by atoms with Crippen LogP contribution in [0.5, 0.6) is 0 Å². The van der Waals surface area contributed by atoms with Crippen LogP contribution in [0.4, 0.5) is 0 Å². The molecule has 0 aromatic heterocycles. The fraction of sp³-hybridized carbons (Fsp3) is 1.00. The molecule has 0 saturated heterocycles. The smallest absolute Gasteiger partial charge is 0.00871 e. The molecule has 0 aromatic carbocycles. The average molecular weight is 185 g/mol. The Morgan fingerprint density at radius 2 is 1.54 bits per heavy atom. The summed E-state index contributed by atoms with van der Waals surface area (Å²) in [7, 11) is 2.08. The van der Waals surface area contributed by atoms with Gasteiger partial charge in [-0.15, -0.1) is 0 Å².